The molecule has 0 atom stereocenters. The first-order valence-electron chi connectivity index (χ1n) is 9.98. The number of hydrogen-bond acceptors (Lipinski definition) is 5. The van der Waals surface area contributed by atoms with E-state index in [4.69, 9.17) is 0 Å². The first-order chi connectivity index (χ1) is 15.5. The molecule has 1 N–H and O–H groups in total. The summed E-state index contributed by atoms with van der Waals surface area (Å²) in [6, 6.07) is 22.3. The Bertz CT molecular complexity index is 1300. The standard InChI is InChI=1S/C24H21N3O3S2/c1-2-27(21-8-4-3-5-9-21)32(29,30)22-10-6-7-19(17-22)23(28)26-20-13-11-18(12-14-20)24-25-15-16-31-24/h3-17H,2H2,1H3,(H,26,28). The van der Waals surface area contributed by atoms with E-state index in [-0.39, 0.29) is 22.9 Å². The van der Waals surface area contributed by atoms with Crippen LogP contribution in [0.3, 0.4) is 0 Å². The summed E-state index contributed by atoms with van der Waals surface area (Å²) in [6.45, 7) is 2.05. The molecule has 0 bridgehead atoms. The van der Waals surface area contributed by atoms with E-state index in [9.17, 15) is 13.2 Å². The van der Waals surface area contributed by atoms with Gasteiger partial charge in [0.2, 0.25) is 0 Å². The Morgan fingerprint density at radius 1 is 1.00 bits per heavy atom. The number of carbonyl (C=O) groups is 1. The topological polar surface area (TPSA) is 79.4 Å². The second-order valence-corrected chi connectivity index (χ2v) is 9.66. The second kappa shape index (κ2) is 9.33. The molecule has 1 amide bonds. The molecule has 0 unspecified atom stereocenters. The number of nitrogens with zero attached hydrogens (tertiary/aromatic N) is 2. The fraction of sp³-hybridized carbons (Fsp3) is 0.0833. The van der Waals surface area contributed by atoms with Crippen molar-refractivity contribution in [2.75, 3.05) is 16.2 Å². The number of hydrogen-bond donors (Lipinski definition) is 1. The normalized spacial score (nSPS) is 11.2. The fourth-order valence-electron chi connectivity index (χ4n) is 3.28. The van der Waals surface area contributed by atoms with Crippen LogP contribution < -0.4 is 9.62 Å². The number of rotatable bonds is 7. The van der Waals surface area contributed by atoms with E-state index in [1.807, 2.05) is 23.6 Å². The Labute approximate surface area is 191 Å². The Morgan fingerprint density at radius 2 is 1.75 bits per heavy atom. The van der Waals surface area contributed by atoms with Crippen LogP contribution in [0.25, 0.3) is 10.6 Å². The molecule has 0 aliphatic carbocycles. The van der Waals surface area contributed by atoms with Gasteiger partial charge in [0.1, 0.15) is 5.01 Å². The minimum atomic E-state index is -3.82. The zero-order chi connectivity index (χ0) is 22.6. The van der Waals surface area contributed by atoms with Crippen molar-refractivity contribution in [3.63, 3.8) is 0 Å². The average Bonchev–Trinajstić information content (AvgIpc) is 3.36. The molecule has 4 aromatic rings. The third-order valence-corrected chi connectivity index (χ3v) is 7.56. The van der Waals surface area contributed by atoms with Crippen LogP contribution in [0.4, 0.5) is 11.4 Å². The molecule has 162 valence electrons. The van der Waals surface area contributed by atoms with Crippen molar-refractivity contribution in [3.8, 4) is 10.6 Å². The fourth-order valence-corrected chi connectivity index (χ4v) is 5.44. The highest BCUT2D eigenvalue weighted by atomic mass is 32.2. The molecule has 0 radical (unpaired) electrons. The summed E-state index contributed by atoms with van der Waals surface area (Å²) < 4.78 is 27.8. The van der Waals surface area contributed by atoms with Gasteiger partial charge in [0.15, 0.2) is 0 Å². The number of amides is 1. The SMILES string of the molecule is CCN(c1ccccc1)S(=O)(=O)c1cccc(C(=O)Nc2ccc(-c3nccs3)cc2)c1. The molecule has 0 aliphatic rings. The van der Waals surface area contributed by atoms with Crippen molar-refractivity contribution >= 4 is 38.6 Å². The lowest BCUT2D eigenvalue weighted by Gasteiger charge is -2.23. The maximum atomic E-state index is 13.2. The van der Waals surface area contributed by atoms with E-state index in [1.165, 1.54) is 27.8 Å². The highest BCUT2D eigenvalue weighted by Crippen LogP contribution is 2.25. The molecule has 1 aromatic heterocycles. The Hall–Kier alpha value is -3.49. The Balaban J connectivity index is 1.55. The van der Waals surface area contributed by atoms with E-state index in [2.05, 4.69) is 10.3 Å². The molecule has 0 fully saturated rings. The quantitative estimate of drug-likeness (QED) is 0.405. The van der Waals surface area contributed by atoms with Crippen molar-refractivity contribution in [2.24, 2.45) is 0 Å². The summed E-state index contributed by atoms with van der Waals surface area (Å²) in [4.78, 5) is 17.1. The molecule has 4 rings (SSSR count). The number of carbonyl (C=O) groups excluding carboxylic acids is 1. The van der Waals surface area contributed by atoms with Gasteiger partial charge in [0.05, 0.1) is 10.6 Å². The molecule has 0 spiro atoms. The molecule has 8 heteroatoms. The predicted octanol–water partition coefficient (Wildman–Crippen LogP) is 5.28. The summed E-state index contributed by atoms with van der Waals surface area (Å²) in [5.41, 5.74) is 2.42. The maximum absolute atomic E-state index is 13.2. The van der Waals surface area contributed by atoms with E-state index in [1.54, 1.807) is 61.7 Å². The number of sulfonamides is 1. The largest absolute Gasteiger partial charge is 0.322 e. The Morgan fingerprint density at radius 3 is 2.41 bits per heavy atom. The van der Waals surface area contributed by atoms with E-state index in [0.717, 1.165) is 10.6 Å². The van der Waals surface area contributed by atoms with Crippen molar-refractivity contribution in [2.45, 2.75) is 11.8 Å². The number of nitrogens with one attached hydrogen (secondary N) is 1. The smallest absolute Gasteiger partial charge is 0.264 e. The van der Waals surface area contributed by atoms with Gasteiger partial charge in [-0.3, -0.25) is 9.10 Å². The third kappa shape index (κ3) is 4.56. The lowest BCUT2D eigenvalue weighted by molar-refractivity contribution is 0.102. The summed E-state index contributed by atoms with van der Waals surface area (Å²) in [5, 5.41) is 5.63. The zero-order valence-corrected chi connectivity index (χ0v) is 18.9. The van der Waals surface area contributed by atoms with Crippen LogP contribution >= 0.6 is 11.3 Å². The molecule has 6 nitrogen and oxygen atoms in total. The van der Waals surface area contributed by atoms with E-state index in [0.29, 0.717) is 11.4 Å². The molecular formula is C24H21N3O3S2. The molecule has 0 aliphatic heterocycles. The van der Waals surface area contributed by atoms with E-state index >= 15 is 0 Å². The third-order valence-electron chi connectivity index (χ3n) is 4.84. The highest BCUT2D eigenvalue weighted by Gasteiger charge is 2.24. The van der Waals surface area contributed by atoms with Crippen molar-refractivity contribution in [1.82, 2.24) is 4.98 Å². The molecule has 3 aromatic carbocycles. The van der Waals surface area contributed by atoms with Gasteiger partial charge in [-0.15, -0.1) is 11.3 Å². The van der Waals surface area contributed by atoms with Crippen LogP contribution in [0.1, 0.15) is 17.3 Å². The van der Waals surface area contributed by atoms with E-state index < -0.39 is 10.0 Å². The van der Waals surface area contributed by atoms with Gasteiger partial charge >= 0.3 is 0 Å². The molecule has 0 saturated carbocycles. The average molecular weight is 464 g/mol. The van der Waals surface area contributed by atoms with Gasteiger partial charge in [0, 0.05) is 34.9 Å². The number of benzene rings is 3. The summed E-state index contributed by atoms with van der Waals surface area (Å²) >= 11 is 1.54. The van der Waals surface area contributed by atoms with Gasteiger partial charge in [0.25, 0.3) is 15.9 Å². The first kappa shape index (κ1) is 21.7. The number of para-hydroxylation sites is 1. The van der Waals surface area contributed by atoms with Crippen LogP contribution in [0, 0.1) is 0 Å². The monoisotopic (exact) mass is 463 g/mol. The Kier molecular flexibility index (Phi) is 6.34. The lowest BCUT2D eigenvalue weighted by atomic mass is 10.2. The zero-order valence-electron chi connectivity index (χ0n) is 17.3. The van der Waals surface area contributed by atoms with Crippen LogP contribution in [-0.4, -0.2) is 25.9 Å². The minimum Gasteiger partial charge on any atom is -0.322 e. The number of thiazole rings is 1. The van der Waals surface area contributed by atoms with Crippen molar-refractivity contribution in [3.05, 3.63) is 96.0 Å². The summed E-state index contributed by atoms with van der Waals surface area (Å²) in [5.74, 6) is -0.383. The van der Waals surface area contributed by atoms with Crippen molar-refractivity contribution in [1.29, 1.82) is 0 Å². The minimum absolute atomic E-state index is 0.0648. The van der Waals surface area contributed by atoms with Gasteiger partial charge < -0.3 is 5.32 Å². The molecule has 0 saturated heterocycles. The van der Waals surface area contributed by atoms with Crippen LogP contribution in [0.15, 0.2) is 95.3 Å². The number of aromatic nitrogens is 1. The van der Waals surface area contributed by atoms with Gasteiger partial charge in [-0.1, -0.05) is 24.3 Å². The molecule has 32 heavy (non-hydrogen) atoms. The van der Waals surface area contributed by atoms with Crippen LogP contribution in [-0.2, 0) is 10.0 Å². The number of anilines is 2. The van der Waals surface area contributed by atoms with Gasteiger partial charge in [-0.2, -0.15) is 0 Å². The lowest BCUT2D eigenvalue weighted by Crippen LogP contribution is -2.30. The first-order valence-corrected chi connectivity index (χ1v) is 12.3. The van der Waals surface area contributed by atoms with Gasteiger partial charge in [-0.25, -0.2) is 13.4 Å². The van der Waals surface area contributed by atoms with Crippen LogP contribution in [0.2, 0.25) is 0 Å². The maximum Gasteiger partial charge on any atom is 0.264 e. The molecular weight excluding hydrogens is 442 g/mol. The van der Waals surface area contributed by atoms with Gasteiger partial charge in [-0.05, 0) is 61.5 Å². The molecule has 1 heterocycles. The predicted molar refractivity (Wildman–Crippen MR) is 129 cm³/mol. The summed E-state index contributed by atoms with van der Waals surface area (Å²) in [7, 11) is -3.82. The van der Waals surface area contributed by atoms with Crippen LogP contribution in [0.5, 0.6) is 0 Å². The highest BCUT2D eigenvalue weighted by molar-refractivity contribution is 7.92. The second-order valence-electron chi connectivity index (χ2n) is 6.90. The summed E-state index contributed by atoms with van der Waals surface area (Å²) in [6.07, 6.45) is 1.74. The van der Waals surface area contributed by atoms with Crippen molar-refractivity contribution < 1.29 is 13.2 Å².